The molecule has 0 fully saturated rings. The van der Waals surface area contributed by atoms with E-state index < -0.39 is 0 Å². The topological polar surface area (TPSA) is 92.1 Å². The van der Waals surface area contributed by atoms with Crippen LogP contribution in [0.25, 0.3) is 0 Å². The quantitative estimate of drug-likeness (QED) is 0.664. The van der Waals surface area contributed by atoms with Crippen molar-refractivity contribution in [1.29, 1.82) is 0 Å². The molecule has 3 N–H and O–H groups in total. The van der Waals surface area contributed by atoms with Crippen molar-refractivity contribution in [2.75, 3.05) is 18.5 Å². The maximum Gasteiger partial charge on any atom is 0.320 e. The van der Waals surface area contributed by atoms with Crippen LogP contribution >= 0.6 is 0 Å². The number of aliphatic hydroxyl groups excluding tert-OH is 1. The molecule has 0 aliphatic heterocycles. The molecular formula is C14H19N5O2. The molecule has 2 heterocycles. The third-order valence-corrected chi connectivity index (χ3v) is 2.88. The van der Waals surface area contributed by atoms with E-state index in [-0.39, 0.29) is 12.6 Å². The molecule has 0 bridgehead atoms. The molecule has 0 aliphatic rings. The summed E-state index contributed by atoms with van der Waals surface area (Å²) in [7, 11) is 0. The van der Waals surface area contributed by atoms with Gasteiger partial charge in [-0.1, -0.05) is 0 Å². The number of pyridine rings is 1. The van der Waals surface area contributed by atoms with Gasteiger partial charge < -0.3 is 10.4 Å². The van der Waals surface area contributed by atoms with E-state index in [1.54, 1.807) is 23.1 Å². The Kier molecular flexibility index (Phi) is 5.71. The number of carbonyl (C=O) groups excluding carboxylic acids is 1. The van der Waals surface area contributed by atoms with Gasteiger partial charge in [0.25, 0.3) is 0 Å². The third-order valence-electron chi connectivity index (χ3n) is 2.88. The molecule has 7 nitrogen and oxygen atoms in total. The molecule has 0 unspecified atom stereocenters. The van der Waals surface area contributed by atoms with Gasteiger partial charge in [0.1, 0.15) is 0 Å². The van der Waals surface area contributed by atoms with E-state index in [4.69, 9.17) is 5.11 Å². The summed E-state index contributed by atoms with van der Waals surface area (Å²) in [5, 5.41) is 18.2. The fourth-order valence-electron chi connectivity index (χ4n) is 1.79. The highest BCUT2D eigenvalue weighted by Gasteiger charge is 2.04. The molecule has 0 saturated heterocycles. The lowest BCUT2D eigenvalue weighted by Gasteiger charge is -2.04. The zero-order valence-electron chi connectivity index (χ0n) is 11.7. The Balaban J connectivity index is 1.77. The smallest absolute Gasteiger partial charge is 0.320 e. The molecule has 2 aromatic heterocycles. The Bertz CT molecular complexity index is 556. The van der Waals surface area contributed by atoms with Gasteiger partial charge >= 0.3 is 6.03 Å². The predicted molar refractivity (Wildman–Crippen MR) is 78.9 cm³/mol. The minimum atomic E-state index is -0.317. The first-order valence-corrected chi connectivity index (χ1v) is 6.86. The van der Waals surface area contributed by atoms with Gasteiger partial charge in [0.15, 0.2) is 5.82 Å². The van der Waals surface area contributed by atoms with Gasteiger partial charge in [0, 0.05) is 44.4 Å². The molecule has 0 atom stereocenters. The minimum Gasteiger partial charge on any atom is -0.396 e. The van der Waals surface area contributed by atoms with Crippen LogP contribution in [0.2, 0.25) is 0 Å². The molecule has 2 rings (SSSR count). The van der Waals surface area contributed by atoms with Crippen molar-refractivity contribution in [3.63, 3.8) is 0 Å². The number of urea groups is 1. The van der Waals surface area contributed by atoms with Crippen molar-refractivity contribution in [2.24, 2.45) is 0 Å². The largest absolute Gasteiger partial charge is 0.396 e. The van der Waals surface area contributed by atoms with Gasteiger partial charge in [0.2, 0.25) is 0 Å². The van der Waals surface area contributed by atoms with Crippen LogP contribution < -0.4 is 10.6 Å². The molecule has 2 amide bonds. The second kappa shape index (κ2) is 8.01. The SMILES string of the molecule is O=C(NCCCO)Nc1ccn(CCc2ccncc2)n1. The van der Waals surface area contributed by atoms with Crippen molar-refractivity contribution < 1.29 is 9.90 Å². The van der Waals surface area contributed by atoms with Gasteiger partial charge in [-0.25, -0.2) is 4.79 Å². The lowest BCUT2D eigenvalue weighted by Crippen LogP contribution is -2.30. The lowest BCUT2D eigenvalue weighted by atomic mass is 10.2. The Morgan fingerprint density at radius 2 is 2.10 bits per heavy atom. The van der Waals surface area contributed by atoms with E-state index >= 15 is 0 Å². The summed E-state index contributed by atoms with van der Waals surface area (Å²) in [5.41, 5.74) is 1.19. The van der Waals surface area contributed by atoms with E-state index in [1.807, 2.05) is 18.3 Å². The normalized spacial score (nSPS) is 10.3. The van der Waals surface area contributed by atoms with Crippen molar-refractivity contribution in [3.05, 3.63) is 42.4 Å². The molecule has 0 saturated carbocycles. The van der Waals surface area contributed by atoms with Crippen molar-refractivity contribution in [1.82, 2.24) is 20.1 Å². The molecular weight excluding hydrogens is 270 g/mol. The molecule has 2 aromatic rings. The van der Waals surface area contributed by atoms with Gasteiger partial charge in [-0.15, -0.1) is 0 Å². The van der Waals surface area contributed by atoms with Crippen LogP contribution in [0.4, 0.5) is 10.6 Å². The number of hydrogen-bond donors (Lipinski definition) is 3. The van der Waals surface area contributed by atoms with E-state index in [0.717, 1.165) is 13.0 Å². The van der Waals surface area contributed by atoms with E-state index in [9.17, 15) is 4.79 Å². The molecule has 0 aromatic carbocycles. The maximum absolute atomic E-state index is 11.5. The zero-order chi connectivity index (χ0) is 14.9. The van der Waals surface area contributed by atoms with Crippen LogP contribution in [0.5, 0.6) is 0 Å². The monoisotopic (exact) mass is 289 g/mol. The number of anilines is 1. The summed E-state index contributed by atoms with van der Waals surface area (Å²) in [6.07, 6.45) is 6.74. The Labute approximate surface area is 123 Å². The molecule has 21 heavy (non-hydrogen) atoms. The Morgan fingerprint density at radius 1 is 1.29 bits per heavy atom. The highest BCUT2D eigenvalue weighted by atomic mass is 16.3. The highest BCUT2D eigenvalue weighted by molar-refractivity contribution is 5.88. The van der Waals surface area contributed by atoms with Gasteiger partial charge in [-0.3, -0.25) is 15.0 Å². The maximum atomic E-state index is 11.5. The van der Waals surface area contributed by atoms with E-state index in [1.165, 1.54) is 5.56 Å². The molecule has 0 aliphatic carbocycles. The number of aromatic nitrogens is 3. The number of nitrogens with zero attached hydrogens (tertiary/aromatic N) is 3. The second-order valence-electron chi connectivity index (χ2n) is 4.53. The second-order valence-corrected chi connectivity index (χ2v) is 4.53. The van der Waals surface area contributed by atoms with Crippen LogP contribution in [-0.2, 0) is 13.0 Å². The zero-order valence-corrected chi connectivity index (χ0v) is 11.7. The lowest BCUT2D eigenvalue weighted by molar-refractivity contribution is 0.248. The first-order chi connectivity index (χ1) is 10.3. The fraction of sp³-hybridized carbons (Fsp3) is 0.357. The molecule has 0 radical (unpaired) electrons. The average Bonchev–Trinajstić information content (AvgIpc) is 2.94. The Morgan fingerprint density at radius 3 is 2.86 bits per heavy atom. The van der Waals surface area contributed by atoms with Crippen molar-refractivity contribution >= 4 is 11.8 Å². The van der Waals surface area contributed by atoms with Gasteiger partial charge in [-0.2, -0.15) is 5.10 Å². The number of aliphatic hydroxyl groups is 1. The summed E-state index contributed by atoms with van der Waals surface area (Å²) >= 11 is 0. The number of hydrogen-bond acceptors (Lipinski definition) is 4. The summed E-state index contributed by atoms with van der Waals surface area (Å²) < 4.78 is 1.78. The first kappa shape index (κ1) is 15.0. The number of aryl methyl sites for hydroxylation is 2. The number of nitrogens with one attached hydrogen (secondary N) is 2. The van der Waals surface area contributed by atoms with Crippen molar-refractivity contribution in [3.8, 4) is 0 Å². The highest BCUT2D eigenvalue weighted by Crippen LogP contribution is 2.04. The summed E-state index contributed by atoms with van der Waals surface area (Å²) in [4.78, 5) is 15.5. The van der Waals surface area contributed by atoms with Crippen LogP contribution in [0.15, 0.2) is 36.8 Å². The van der Waals surface area contributed by atoms with E-state index in [0.29, 0.717) is 18.8 Å². The van der Waals surface area contributed by atoms with Gasteiger partial charge in [0.05, 0.1) is 0 Å². The fourth-order valence-corrected chi connectivity index (χ4v) is 1.79. The summed E-state index contributed by atoms with van der Waals surface area (Å²) in [6, 6.07) is 5.37. The first-order valence-electron chi connectivity index (χ1n) is 6.86. The summed E-state index contributed by atoms with van der Waals surface area (Å²) in [5.74, 6) is 0.506. The van der Waals surface area contributed by atoms with Crippen LogP contribution in [0.3, 0.4) is 0 Å². The molecule has 0 spiro atoms. The van der Waals surface area contributed by atoms with Gasteiger partial charge in [-0.05, 0) is 30.5 Å². The standard InChI is InChI=1S/C14H19N5O2/c20-11-1-6-16-14(21)17-13-5-10-19(18-13)9-4-12-2-7-15-8-3-12/h2-3,5,7-8,10,20H,1,4,6,9,11H2,(H2,16,17,18,21). The van der Waals surface area contributed by atoms with Crippen LogP contribution in [0, 0.1) is 0 Å². The predicted octanol–water partition coefficient (Wildman–Crippen LogP) is 1.02. The summed E-state index contributed by atoms with van der Waals surface area (Å²) in [6.45, 7) is 1.23. The molecule has 112 valence electrons. The van der Waals surface area contributed by atoms with Crippen LogP contribution in [-0.4, -0.2) is 39.1 Å². The Hall–Kier alpha value is -2.41. The van der Waals surface area contributed by atoms with Crippen molar-refractivity contribution in [2.45, 2.75) is 19.4 Å². The molecule has 7 heteroatoms. The van der Waals surface area contributed by atoms with E-state index in [2.05, 4.69) is 20.7 Å². The minimum absolute atomic E-state index is 0.0594. The number of carbonyl (C=O) groups is 1. The third kappa shape index (κ3) is 5.23. The number of amides is 2. The number of rotatable bonds is 7. The average molecular weight is 289 g/mol. The van der Waals surface area contributed by atoms with Crippen LogP contribution in [0.1, 0.15) is 12.0 Å².